The van der Waals surface area contributed by atoms with E-state index in [1.165, 1.54) is 27.8 Å². The predicted molar refractivity (Wildman–Crippen MR) is 181 cm³/mol. The molecule has 1 fully saturated rings. The summed E-state index contributed by atoms with van der Waals surface area (Å²) >= 11 is 1.58. The molecule has 0 unspecified atom stereocenters. The molecule has 1 aliphatic heterocycles. The number of nitrogens with one attached hydrogen (secondary N) is 2. The molecule has 10 nitrogen and oxygen atoms in total. The van der Waals surface area contributed by atoms with Crippen LogP contribution in [0.1, 0.15) is 55.8 Å². The van der Waals surface area contributed by atoms with Crippen LogP contribution in [0.15, 0.2) is 53.5 Å². The number of thiophene rings is 1. The number of aromatic nitrogens is 2. The molecule has 0 saturated carbocycles. The number of carbonyl (C=O) groups excluding carboxylic acids is 2. The lowest BCUT2D eigenvalue weighted by Gasteiger charge is -2.34. The van der Waals surface area contributed by atoms with Crippen molar-refractivity contribution in [2.75, 3.05) is 49.1 Å². The number of fused-ring (bicyclic) bond motifs is 1. The van der Waals surface area contributed by atoms with Crippen LogP contribution in [0.2, 0.25) is 0 Å². The van der Waals surface area contributed by atoms with Gasteiger partial charge in [0.15, 0.2) is 5.82 Å². The smallest absolute Gasteiger partial charge is 0.293 e. The van der Waals surface area contributed by atoms with Crippen molar-refractivity contribution in [1.82, 2.24) is 19.4 Å². The number of nitrogens with zero attached hydrogens (tertiary/aromatic N) is 4. The molecule has 2 aliphatic rings. The van der Waals surface area contributed by atoms with Crippen molar-refractivity contribution in [3.63, 3.8) is 0 Å². The Balaban J connectivity index is 1.21. The molecule has 4 aromatic rings. The van der Waals surface area contributed by atoms with E-state index in [-0.39, 0.29) is 23.2 Å². The number of amides is 2. The number of aryl methyl sites for hydroxylation is 3. The van der Waals surface area contributed by atoms with E-state index in [1.807, 2.05) is 36.1 Å². The highest BCUT2D eigenvalue weighted by molar-refractivity contribution is 7.14. The standard InChI is InChI=1S/C34H39N7O3S/c1-4-40-14-16-41(17-15-40)33(43)25-13-12-23(19-26(25)35)36-31-34(44)39(3)20-28(37-31)24-9-7-10-27(21(24)2)38-32(42)30-18-22-8-5-6-11-29(22)45-30/h7,9-10,12-13,18-20H,4-6,8,11,14-17,35H2,1-3H3,(H,36,37)(H,38,42). The average molecular weight is 626 g/mol. The van der Waals surface area contributed by atoms with Gasteiger partial charge < -0.3 is 30.7 Å². The van der Waals surface area contributed by atoms with Gasteiger partial charge >= 0.3 is 0 Å². The number of anilines is 4. The summed E-state index contributed by atoms with van der Waals surface area (Å²) in [4.78, 5) is 50.3. The van der Waals surface area contributed by atoms with E-state index in [0.29, 0.717) is 41.4 Å². The molecule has 2 aromatic carbocycles. The van der Waals surface area contributed by atoms with Crippen LogP contribution in [0.5, 0.6) is 0 Å². The number of hydrogen-bond donors (Lipinski definition) is 3. The van der Waals surface area contributed by atoms with Crippen LogP contribution in [0, 0.1) is 6.92 Å². The summed E-state index contributed by atoms with van der Waals surface area (Å²) in [6.07, 6.45) is 6.11. The second kappa shape index (κ2) is 12.9. The third-order valence-electron chi connectivity index (χ3n) is 8.80. The van der Waals surface area contributed by atoms with Gasteiger partial charge in [-0.25, -0.2) is 4.98 Å². The van der Waals surface area contributed by atoms with E-state index >= 15 is 0 Å². The zero-order valence-corrected chi connectivity index (χ0v) is 26.8. The summed E-state index contributed by atoms with van der Waals surface area (Å²) in [5.41, 5.74) is 11.6. The summed E-state index contributed by atoms with van der Waals surface area (Å²) in [6, 6.07) is 12.8. The molecule has 234 valence electrons. The fraction of sp³-hybridized carbons (Fsp3) is 0.353. The topological polar surface area (TPSA) is 126 Å². The molecule has 0 bridgehead atoms. The molecule has 0 atom stereocenters. The minimum atomic E-state index is -0.310. The molecule has 1 aliphatic carbocycles. The summed E-state index contributed by atoms with van der Waals surface area (Å²) in [7, 11) is 1.67. The van der Waals surface area contributed by atoms with Gasteiger partial charge in [0.05, 0.1) is 16.1 Å². The highest BCUT2D eigenvalue weighted by Gasteiger charge is 2.23. The van der Waals surface area contributed by atoms with Crippen molar-refractivity contribution in [3.05, 3.63) is 85.5 Å². The number of likely N-dealkylation sites (N-methyl/N-ethyl adjacent to an activating group) is 1. The van der Waals surface area contributed by atoms with Crippen molar-refractivity contribution in [2.24, 2.45) is 7.05 Å². The number of hydrogen-bond acceptors (Lipinski definition) is 8. The second-order valence-electron chi connectivity index (χ2n) is 11.7. The molecule has 11 heteroatoms. The third-order valence-corrected chi connectivity index (χ3v) is 10.0. The van der Waals surface area contributed by atoms with E-state index in [9.17, 15) is 14.4 Å². The fourth-order valence-corrected chi connectivity index (χ4v) is 7.21. The molecule has 6 rings (SSSR count). The highest BCUT2D eigenvalue weighted by atomic mass is 32.1. The van der Waals surface area contributed by atoms with Gasteiger partial charge in [0.25, 0.3) is 17.4 Å². The van der Waals surface area contributed by atoms with Gasteiger partial charge in [0.1, 0.15) is 0 Å². The van der Waals surface area contributed by atoms with E-state index in [4.69, 9.17) is 5.73 Å². The number of carbonyl (C=O) groups is 2. The number of rotatable bonds is 7. The fourth-order valence-electron chi connectivity index (χ4n) is 6.06. The first-order chi connectivity index (χ1) is 21.7. The van der Waals surface area contributed by atoms with Gasteiger partial charge in [-0.05, 0) is 80.6 Å². The summed E-state index contributed by atoms with van der Waals surface area (Å²) < 4.78 is 1.47. The Morgan fingerprint density at radius 1 is 1.04 bits per heavy atom. The monoisotopic (exact) mass is 625 g/mol. The largest absolute Gasteiger partial charge is 0.398 e. The molecule has 0 spiro atoms. The molecule has 2 aromatic heterocycles. The molecule has 2 amide bonds. The van der Waals surface area contributed by atoms with Crippen LogP contribution in [-0.4, -0.2) is 63.9 Å². The summed E-state index contributed by atoms with van der Waals surface area (Å²) in [5, 5.41) is 6.20. The summed E-state index contributed by atoms with van der Waals surface area (Å²) in [6.45, 7) is 8.05. The zero-order chi connectivity index (χ0) is 31.7. The Bertz CT molecular complexity index is 1800. The van der Waals surface area contributed by atoms with Crippen LogP contribution < -0.4 is 21.9 Å². The summed E-state index contributed by atoms with van der Waals surface area (Å²) in [5.74, 6) is -0.0812. The number of benzene rings is 2. The van der Waals surface area contributed by atoms with E-state index in [0.717, 1.165) is 48.5 Å². The minimum Gasteiger partial charge on any atom is -0.398 e. The number of piperazine rings is 1. The maximum absolute atomic E-state index is 13.2. The van der Waals surface area contributed by atoms with Crippen LogP contribution >= 0.6 is 11.3 Å². The van der Waals surface area contributed by atoms with Crippen LogP contribution in [0.25, 0.3) is 11.3 Å². The van der Waals surface area contributed by atoms with Crippen molar-refractivity contribution in [1.29, 1.82) is 0 Å². The third kappa shape index (κ3) is 6.36. The molecular formula is C34H39N7O3S. The Hall–Kier alpha value is -4.48. The highest BCUT2D eigenvalue weighted by Crippen LogP contribution is 2.32. The van der Waals surface area contributed by atoms with Gasteiger partial charge in [0, 0.05) is 66.9 Å². The first kappa shape index (κ1) is 30.5. The van der Waals surface area contributed by atoms with Gasteiger partial charge in [0.2, 0.25) is 0 Å². The lowest BCUT2D eigenvalue weighted by Crippen LogP contribution is -2.48. The van der Waals surface area contributed by atoms with Crippen molar-refractivity contribution >= 4 is 46.0 Å². The minimum absolute atomic E-state index is 0.0908. The van der Waals surface area contributed by atoms with Crippen LogP contribution in [-0.2, 0) is 19.9 Å². The Kier molecular flexibility index (Phi) is 8.73. The molecule has 1 saturated heterocycles. The molecule has 4 N–H and O–H groups in total. The Morgan fingerprint density at radius 3 is 2.56 bits per heavy atom. The lowest BCUT2D eigenvalue weighted by molar-refractivity contribution is 0.0644. The maximum atomic E-state index is 13.2. The SMILES string of the molecule is CCN1CCN(C(=O)c2ccc(Nc3nc(-c4cccc(NC(=O)c5cc6c(s5)CCCC6)c4C)cn(C)c3=O)cc2N)CC1. The van der Waals surface area contributed by atoms with E-state index < -0.39 is 0 Å². The van der Waals surface area contributed by atoms with Crippen LogP contribution in [0.4, 0.5) is 22.9 Å². The van der Waals surface area contributed by atoms with Gasteiger partial charge in [-0.15, -0.1) is 11.3 Å². The van der Waals surface area contributed by atoms with Crippen molar-refractivity contribution < 1.29 is 9.59 Å². The van der Waals surface area contributed by atoms with E-state index in [2.05, 4.69) is 27.4 Å². The molecule has 0 radical (unpaired) electrons. The van der Waals surface area contributed by atoms with Gasteiger partial charge in [-0.3, -0.25) is 14.4 Å². The molecule has 3 heterocycles. The first-order valence-electron chi connectivity index (χ1n) is 15.5. The van der Waals surface area contributed by atoms with Crippen molar-refractivity contribution in [2.45, 2.75) is 39.5 Å². The Morgan fingerprint density at radius 2 is 1.82 bits per heavy atom. The maximum Gasteiger partial charge on any atom is 0.293 e. The van der Waals surface area contributed by atoms with Gasteiger partial charge in [-0.1, -0.05) is 19.1 Å². The van der Waals surface area contributed by atoms with Crippen molar-refractivity contribution in [3.8, 4) is 11.3 Å². The number of nitrogens with two attached hydrogens (primary N) is 1. The average Bonchev–Trinajstić information content (AvgIpc) is 3.49. The lowest BCUT2D eigenvalue weighted by atomic mass is 9.99. The second-order valence-corrected chi connectivity index (χ2v) is 12.9. The normalized spacial score (nSPS) is 15.0. The number of nitrogen functional groups attached to an aromatic ring is 1. The van der Waals surface area contributed by atoms with Crippen LogP contribution in [0.3, 0.4) is 0 Å². The first-order valence-corrected chi connectivity index (χ1v) is 16.3. The Labute approximate surface area is 266 Å². The zero-order valence-electron chi connectivity index (χ0n) is 26.0. The van der Waals surface area contributed by atoms with Gasteiger partial charge in [-0.2, -0.15) is 0 Å². The molecule has 45 heavy (non-hydrogen) atoms. The predicted octanol–water partition coefficient (Wildman–Crippen LogP) is 5.05. The van der Waals surface area contributed by atoms with E-state index in [1.54, 1.807) is 42.8 Å². The quantitative estimate of drug-likeness (QED) is 0.246. The molecular weight excluding hydrogens is 586 g/mol.